The lowest BCUT2D eigenvalue weighted by Crippen LogP contribution is -2.55. The predicted octanol–water partition coefficient (Wildman–Crippen LogP) is 5.36. The zero-order valence-corrected chi connectivity index (χ0v) is 25.8. The van der Waals surface area contributed by atoms with Crippen LogP contribution in [0.25, 0.3) is 33.1 Å². The molecule has 3 aliphatic rings. The summed E-state index contributed by atoms with van der Waals surface area (Å²) in [4.78, 5) is 31.3. The van der Waals surface area contributed by atoms with Gasteiger partial charge in [-0.25, -0.2) is 22.5 Å². The third-order valence-electron chi connectivity index (χ3n) is 9.53. The number of alkyl halides is 2. The lowest BCUT2D eigenvalue weighted by molar-refractivity contribution is -0.131. The SMILES string of the molecule is C=C(F)C(=O)N1CCN(c2nc(OC[C@@]34CCCN3CC(F)(F)C4)nc3nc(-c4cc(O)cc5cccc(F)c45)ccc23)C[C@@H]1CC#N. The molecule has 248 valence electrons. The molecule has 14 heteroatoms. The Hall–Kier alpha value is -5.03. The quantitative estimate of drug-likeness (QED) is 0.206. The van der Waals surface area contributed by atoms with Gasteiger partial charge >= 0.3 is 6.01 Å². The molecule has 0 unspecified atom stereocenters. The number of anilines is 1. The Kier molecular flexibility index (Phi) is 7.82. The molecule has 0 spiro atoms. The van der Waals surface area contributed by atoms with E-state index in [1.54, 1.807) is 29.2 Å². The smallest absolute Gasteiger partial charge is 0.320 e. The first-order valence-electron chi connectivity index (χ1n) is 15.6. The molecule has 3 fully saturated rings. The molecular weight excluding hydrogens is 630 g/mol. The van der Waals surface area contributed by atoms with E-state index in [1.807, 2.05) is 4.90 Å². The number of carbonyl (C=O) groups is 1. The Bertz CT molecular complexity index is 2000. The van der Waals surface area contributed by atoms with Gasteiger partial charge in [-0.05, 0) is 55.1 Å². The number of nitrogens with zero attached hydrogens (tertiary/aromatic N) is 7. The largest absolute Gasteiger partial charge is 0.508 e. The van der Waals surface area contributed by atoms with Gasteiger partial charge in [0.25, 0.3) is 11.8 Å². The maximum Gasteiger partial charge on any atom is 0.320 e. The van der Waals surface area contributed by atoms with Crippen molar-refractivity contribution in [2.45, 2.75) is 43.2 Å². The molecule has 3 saturated heterocycles. The fourth-order valence-electron chi connectivity index (χ4n) is 7.42. The van der Waals surface area contributed by atoms with Gasteiger partial charge in [-0.2, -0.15) is 15.2 Å². The van der Waals surface area contributed by atoms with Crippen LogP contribution >= 0.6 is 0 Å². The first-order chi connectivity index (χ1) is 23.0. The fourth-order valence-corrected chi connectivity index (χ4v) is 7.42. The van der Waals surface area contributed by atoms with E-state index in [0.717, 1.165) is 6.42 Å². The van der Waals surface area contributed by atoms with Gasteiger partial charge < -0.3 is 19.6 Å². The van der Waals surface area contributed by atoms with Crippen LogP contribution in [-0.4, -0.2) is 92.6 Å². The molecule has 48 heavy (non-hydrogen) atoms. The van der Waals surface area contributed by atoms with Crippen LogP contribution in [0.15, 0.2) is 54.9 Å². The Morgan fingerprint density at radius 2 is 1.98 bits per heavy atom. The number of hydrogen-bond acceptors (Lipinski definition) is 9. The highest BCUT2D eigenvalue weighted by molar-refractivity contribution is 5.99. The van der Waals surface area contributed by atoms with Gasteiger partial charge in [-0.1, -0.05) is 18.7 Å². The van der Waals surface area contributed by atoms with Gasteiger partial charge in [0.2, 0.25) is 0 Å². The summed E-state index contributed by atoms with van der Waals surface area (Å²) < 4.78 is 64.0. The van der Waals surface area contributed by atoms with Gasteiger partial charge in [0.05, 0.1) is 41.7 Å². The van der Waals surface area contributed by atoms with Crippen LogP contribution in [0.3, 0.4) is 0 Å². The van der Waals surface area contributed by atoms with E-state index in [1.165, 1.54) is 23.1 Å². The monoisotopic (exact) mass is 661 g/mol. The van der Waals surface area contributed by atoms with Gasteiger partial charge in [-0.15, -0.1) is 0 Å². The van der Waals surface area contributed by atoms with Crippen molar-refractivity contribution in [3.63, 3.8) is 0 Å². The third-order valence-corrected chi connectivity index (χ3v) is 9.53. The van der Waals surface area contributed by atoms with Crippen LogP contribution in [0.4, 0.5) is 23.4 Å². The number of nitriles is 1. The summed E-state index contributed by atoms with van der Waals surface area (Å²) in [7, 11) is 0. The fraction of sp³-hybridized carbons (Fsp3) is 0.382. The Labute approximate surface area is 272 Å². The number of benzene rings is 2. The zero-order valence-electron chi connectivity index (χ0n) is 25.8. The lowest BCUT2D eigenvalue weighted by atomic mass is 9.94. The summed E-state index contributed by atoms with van der Waals surface area (Å²) in [5.41, 5.74) is -0.0768. The topological polar surface area (TPSA) is 119 Å². The first kappa shape index (κ1) is 31.6. The number of rotatable bonds is 7. The number of aromatic hydroxyl groups is 1. The summed E-state index contributed by atoms with van der Waals surface area (Å²) in [6, 6.07) is 12.0. The van der Waals surface area contributed by atoms with Crippen molar-refractivity contribution in [1.29, 1.82) is 5.26 Å². The van der Waals surface area contributed by atoms with E-state index >= 15 is 4.39 Å². The molecule has 2 aromatic carbocycles. The number of ether oxygens (including phenoxy) is 1. The van der Waals surface area contributed by atoms with Crippen molar-refractivity contribution in [2.24, 2.45) is 0 Å². The number of hydrogen-bond donors (Lipinski definition) is 1. The van der Waals surface area contributed by atoms with Crippen molar-refractivity contribution in [1.82, 2.24) is 24.8 Å². The number of amides is 1. The van der Waals surface area contributed by atoms with E-state index in [0.29, 0.717) is 40.8 Å². The van der Waals surface area contributed by atoms with Crippen molar-refractivity contribution in [2.75, 3.05) is 44.2 Å². The molecule has 4 aromatic rings. The molecule has 3 aliphatic heterocycles. The maximum absolute atomic E-state index is 15.1. The molecule has 0 radical (unpaired) electrons. The van der Waals surface area contributed by atoms with Crippen molar-refractivity contribution < 1.29 is 32.2 Å². The second kappa shape index (κ2) is 11.9. The van der Waals surface area contributed by atoms with E-state index in [2.05, 4.69) is 22.6 Å². The molecule has 5 heterocycles. The number of carbonyl (C=O) groups excluding carboxylic acids is 1. The standard InChI is InChI=1S/C34H31F4N7O3/c1-20(35)31(47)45-13-12-43(16-22(45)8-10-39)30-24-6-7-27(25-15-23(46)14-21-4-2-5-26(36)28(21)25)40-29(24)41-32(42-30)48-19-33-9-3-11-44(33)18-34(37,38)17-33/h2,4-7,14-15,22,46H,1,3,8-9,11-13,16-19H2/t22-,33-/m0/s1. The second-order valence-corrected chi connectivity index (χ2v) is 12.7. The highest BCUT2D eigenvalue weighted by Gasteiger charge is 2.57. The summed E-state index contributed by atoms with van der Waals surface area (Å²) in [6.45, 7) is 3.63. The molecule has 2 atom stereocenters. The highest BCUT2D eigenvalue weighted by Crippen LogP contribution is 2.46. The zero-order chi connectivity index (χ0) is 33.8. The molecule has 0 bridgehead atoms. The Morgan fingerprint density at radius 3 is 2.77 bits per heavy atom. The first-order valence-corrected chi connectivity index (χ1v) is 15.6. The van der Waals surface area contributed by atoms with Crippen molar-refractivity contribution in [3.05, 3.63) is 60.7 Å². The van der Waals surface area contributed by atoms with E-state index in [4.69, 9.17) is 9.72 Å². The second-order valence-electron chi connectivity index (χ2n) is 12.7. The van der Waals surface area contributed by atoms with Crippen LogP contribution in [0.2, 0.25) is 0 Å². The average molecular weight is 662 g/mol. The Balaban J connectivity index is 1.31. The van der Waals surface area contributed by atoms with Crippen LogP contribution in [0.1, 0.15) is 25.7 Å². The molecule has 0 aliphatic carbocycles. The number of phenolic OH excluding ortho intramolecular Hbond substituents is 1. The van der Waals surface area contributed by atoms with E-state index in [9.17, 15) is 28.3 Å². The van der Waals surface area contributed by atoms with Crippen molar-refractivity contribution >= 4 is 33.5 Å². The van der Waals surface area contributed by atoms with Crippen LogP contribution in [0.5, 0.6) is 11.8 Å². The van der Waals surface area contributed by atoms with Crippen LogP contribution in [-0.2, 0) is 4.79 Å². The summed E-state index contributed by atoms with van der Waals surface area (Å²) in [5, 5.41) is 21.1. The minimum Gasteiger partial charge on any atom is -0.508 e. The number of fused-ring (bicyclic) bond motifs is 3. The minimum atomic E-state index is -2.84. The number of piperazine rings is 1. The molecule has 10 nitrogen and oxygen atoms in total. The van der Waals surface area contributed by atoms with Gasteiger partial charge in [0.1, 0.15) is 24.0 Å². The number of pyridine rings is 1. The number of phenols is 1. The number of aromatic nitrogens is 3. The summed E-state index contributed by atoms with van der Waals surface area (Å²) >= 11 is 0. The Morgan fingerprint density at radius 1 is 1.15 bits per heavy atom. The normalized spacial score (nSPS) is 22.2. The van der Waals surface area contributed by atoms with Gasteiger partial charge in [0, 0.05) is 37.0 Å². The predicted molar refractivity (Wildman–Crippen MR) is 169 cm³/mol. The minimum absolute atomic E-state index is 0.0725. The molecule has 1 amide bonds. The maximum atomic E-state index is 15.1. The summed E-state index contributed by atoms with van der Waals surface area (Å²) in [5.74, 6) is -5.09. The molecule has 1 N–H and O–H groups in total. The average Bonchev–Trinajstić information content (AvgIpc) is 3.54. The molecule has 2 aromatic heterocycles. The highest BCUT2D eigenvalue weighted by atomic mass is 19.3. The van der Waals surface area contributed by atoms with Crippen LogP contribution < -0.4 is 9.64 Å². The van der Waals surface area contributed by atoms with Gasteiger partial charge in [0.15, 0.2) is 11.5 Å². The number of halogens is 4. The van der Waals surface area contributed by atoms with E-state index < -0.39 is 35.1 Å². The van der Waals surface area contributed by atoms with Crippen LogP contribution in [0, 0.1) is 17.1 Å². The third kappa shape index (κ3) is 5.61. The molecule has 0 saturated carbocycles. The summed E-state index contributed by atoms with van der Waals surface area (Å²) in [6.07, 6.45) is 0.877. The molecule has 7 rings (SSSR count). The van der Waals surface area contributed by atoms with Gasteiger partial charge in [-0.3, -0.25) is 9.69 Å². The van der Waals surface area contributed by atoms with Crippen molar-refractivity contribution in [3.8, 4) is 29.1 Å². The molecular formula is C34H31F4N7O3. The lowest BCUT2D eigenvalue weighted by Gasteiger charge is -2.41. The van der Waals surface area contributed by atoms with E-state index in [-0.39, 0.29) is 68.4 Å².